The first-order valence-electron chi connectivity index (χ1n) is 11.6. The molecule has 35 heavy (non-hydrogen) atoms. The van der Waals surface area contributed by atoms with Gasteiger partial charge in [-0.2, -0.15) is 0 Å². The normalized spacial score (nSPS) is 21.6. The van der Waals surface area contributed by atoms with Crippen LogP contribution < -0.4 is 10.6 Å². The van der Waals surface area contributed by atoms with Crippen LogP contribution in [-0.4, -0.2) is 40.0 Å². The van der Waals surface area contributed by atoms with E-state index in [9.17, 15) is 29.4 Å². The van der Waals surface area contributed by atoms with Crippen LogP contribution in [0.5, 0.6) is 0 Å². The van der Waals surface area contributed by atoms with Gasteiger partial charge in [0, 0.05) is 18.0 Å². The van der Waals surface area contributed by atoms with Gasteiger partial charge in [0.2, 0.25) is 11.8 Å². The van der Waals surface area contributed by atoms with Crippen molar-refractivity contribution in [2.45, 2.75) is 52.5 Å². The molecule has 1 fully saturated rings. The van der Waals surface area contributed by atoms with Gasteiger partial charge in [-0.3, -0.25) is 14.4 Å². The van der Waals surface area contributed by atoms with E-state index in [-0.39, 0.29) is 18.7 Å². The van der Waals surface area contributed by atoms with E-state index in [2.05, 4.69) is 10.6 Å². The van der Waals surface area contributed by atoms with E-state index in [1.807, 2.05) is 30.3 Å². The van der Waals surface area contributed by atoms with Crippen molar-refractivity contribution in [2.24, 2.45) is 16.7 Å². The zero-order chi connectivity index (χ0) is 25.8. The maximum Gasteiger partial charge on any atom is 0.326 e. The summed E-state index contributed by atoms with van der Waals surface area (Å²) in [6.07, 6.45) is 1.03. The summed E-state index contributed by atoms with van der Waals surface area (Å²) in [6, 6.07) is 15.0. The Bertz CT molecular complexity index is 1100. The smallest absolute Gasteiger partial charge is 0.326 e. The van der Waals surface area contributed by atoms with Gasteiger partial charge in [0.25, 0.3) is 0 Å². The van der Waals surface area contributed by atoms with E-state index < -0.39 is 40.6 Å². The van der Waals surface area contributed by atoms with Crippen molar-refractivity contribution in [3.63, 3.8) is 0 Å². The average molecular weight is 481 g/mol. The summed E-state index contributed by atoms with van der Waals surface area (Å²) in [5, 5.41) is 24.8. The van der Waals surface area contributed by atoms with E-state index >= 15 is 0 Å². The molecule has 3 atom stereocenters. The highest BCUT2D eigenvalue weighted by molar-refractivity contribution is 5.92. The van der Waals surface area contributed by atoms with Crippen LogP contribution in [0.25, 0.3) is 0 Å². The summed E-state index contributed by atoms with van der Waals surface area (Å²) >= 11 is 0. The van der Waals surface area contributed by atoms with Crippen molar-refractivity contribution in [1.29, 1.82) is 0 Å². The summed E-state index contributed by atoms with van der Waals surface area (Å²) in [7, 11) is 0. The predicted molar refractivity (Wildman–Crippen MR) is 131 cm³/mol. The number of aliphatic carboxylic acids is 2. The molecule has 0 saturated heterocycles. The van der Waals surface area contributed by atoms with Gasteiger partial charge in [0.1, 0.15) is 6.04 Å². The number of nitrogens with one attached hydrogen (secondary N) is 2. The molecule has 0 bridgehead atoms. The van der Waals surface area contributed by atoms with Crippen LogP contribution in [0, 0.1) is 16.7 Å². The lowest BCUT2D eigenvalue weighted by Gasteiger charge is -2.38. The Balaban J connectivity index is 1.61. The van der Waals surface area contributed by atoms with E-state index in [1.54, 1.807) is 45.0 Å². The zero-order valence-corrected chi connectivity index (χ0v) is 20.2. The van der Waals surface area contributed by atoms with E-state index in [0.717, 1.165) is 5.56 Å². The van der Waals surface area contributed by atoms with Crippen molar-refractivity contribution in [3.05, 3.63) is 65.7 Å². The minimum absolute atomic E-state index is 0.0582. The standard InChI is InChI=1S/C27H32N2O6/c1-26(2)20(13-14-27(26,3)25(34)35)23(31)29-21(24(32)33)15-18-9-11-19(12-10-18)28-22(30)16-17-7-5-4-6-8-17/h4-12,20-21H,13-16H2,1-3H3,(H,28,30)(H,29,31)(H,32,33)(H,34,35)/t20-,21+,27+/m1/s1. The van der Waals surface area contributed by atoms with Crippen molar-refractivity contribution >= 4 is 29.4 Å². The Morgan fingerprint density at radius 3 is 2.11 bits per heavy atom. The molecule has 186 valence electrons. The van der Waals surface area contributed by atoms with Crippen LogP contribution in [0.3, 0.4) is 0 Å². The highest BCUT2D eigenvalue weighted by Crippen LogP contribution is 2.56. The summed E-state index contributed by atoms with van der Waals surface area (Å²) in [6.45, 7) is 5.13. The maximum absolute atomic E-state index is 13.0. The second-order valence-corrected chi connectivity index (χ2v) is 9.96. The fraction of sp³-hybridized carbons (Fsp3) is 0.407. The lowest BCUT2D eigenvalue weighted by Crippen LogP contribution is -2.49. The number of carboxylic acid groups (broad SMARTS) is 2. The van der Waals surface area contributed by atoms with Crippen LogP contribution in [0.2, 0.25) is 0 Å². The number of carbonyl (C=O) groups is 4. The number of carboxylic acids is 2. The molecule has 0 heterocycles. The molecule has 2 amide bonds. The molecule has 0 aliphatic heterocycles. The molecule has 4 N–H and O–H groups in total. The van der Waals surface area contributed by atoms with Gasteiger partial charge < -0.3 is 20.8 Å². The molecule has 2 aromatic carbocycles. The fourth-order valence-corrected chi connectivity index (χ4v) is 4.76. The van der Waals surface area contributed by atoms with Gasteiger partial charge in [-0.05, 0) is 48.4 Å². The van der Waals surface area contributed by atoms with Crippen LogP contribution in [0.4, 0.5) is 5.69 Å². The molecule has 0 radical (unpaired) electrons. The fourth-order valence-electron chi connectivity index (χ4n) is 4.76. The molecule has 1 aliphatic carbocycles. The van der Waals surface area contributed by atoms with Gasteiger partial charge in [0.15, 0.2) is 0 Å². The Morgan fingerprint density at radius 1 is 0.943 bits per heavy atom. The van der Waals surface area contributed by atoms with Crippen LogP contribution in [0.1, 0.15) is 44.7 Å². The molecule has 8 nitrogen and oxygen atoms in total. The molecule has 1 saturated carbocycles. The Hall–Kier alpha value is -3.68. The number of benzene rings is 2. The molecule has 8 heteroatoms. The van der Waals surface area contributed by atoms with Crippen molar-refractivity contribution in [2.75, 3.05) is 5.32 Å². The summed E-state index contributed by atoms with van der Waals surface area (Å²) in [5.74, 6) is -3.34. The topological polar surface area (TPSA) is 133 Å². The van der Waals surface area contributed by atoms with Crippen LogP contribution in [-0.2, 0) is 32.0 Å². The van der Waals surface area contributed by atoms with Crippen LogP contribution >= 0.6 is 0 Å². The molecule has 1 aliphatic rings. The first kappa shape index (κ1) is 25.9. The van der Waals surface area contributed by atoms with Crippen molar-refractivity contribution in [1.82, 2.24) is 5.32 Å². The Labute approximate surface area is 204 Å². The second-order valence-electron chi connectivity index (χ2n) is 9.96. The molecular weight excluding hydrogens is 448 g/mol. The summed E-state index contributed by atoms with van der Waals surface area (Å²) in [4.78, 5) is 48.9. The molecule has 3 rings (SSSR count). The monoisotopic (exact) mass is 480 g/mol. The average Bonchev–Trinajstić information content (AvgIpc) is 3.05. The number of hydrogen-bond acceptors (Lipinski definition) is 4. The van der Waals surface area contributed by atoms with E-state index in [0.29, 0.717) is 24.1 Å². The van der Waals surface area contributed by atoms with Gasteiger partial charge in [-0.15, -0.1) is 0 Å². The molecule has 0 aromatic heterocycles. The van der Waals surface area contributed by atoms with Gasteiger partial charge in [0.05, 0.1) is 11.8 Å². The lowest BCUT2D eigenvalue weighted by molar-refractivity contribution is -0.155. The highest BCUT2D eigenvalue weighted by atomic mass is 16.4. The number of carbonyl (C=O) groups excluding carboxylic acids is 2. The van der Waals surface area contributed by atoms with Gasteiger partial charge >= 0.3 is 11.9 Å². The predicted octanol–water partition coefficient (Wildman–Crippen LogP) is 3.51. The molecule has 0 spiro atoms. The van der Waals surface area contributed by atoms with E-state index in [1.165, 1.54) is 0 Å². The van der Waals surface area contributed by atoms with E-state index in [4.69, 9.17) is 0 Å². The van der Waals surface area contributed by atoms with Crippen molar-refractivity contribution in [3.8, 4) is 0 Å². The molecule has 0 unspecified atom stereocenters. The first-order chi connectivity index (χ1) is 16.4. The second kappa shape index (κ2) is 10.3. The molecular formula is C27H32N2O6. The van der Waals surface area contributed by atoms with Gasteiger partial charge in [-0.1, -0.05) is 56.3 Å². The number of hydrogen-bond donors (Lipinski definition) is 4. The SMILES string of the molecule is CC1(C)[C@@H](C(=O)N[C@@H](Cc2ccc(NC(=O)Cc3ccccc3)cc2)C(=O)O)CC[C@@]1(C)C(=O)O. The number of amides is 2. The van der Waals surface area contributed by atoms with Crippen molar-refractivity contribution < 1.29 is 29.4 Å². The quantitative estimate of drug-likeness (QED) is 0.434. The summed E-state index contributed by atoms with van der Waals surface area (Å²) in [5.41, 5.74) is 0.280. The van der Waals surface area contributed by atoms with Crippen LogP contribution in [0.15, 0.2) is 54.6 Å². The lowest BCUT2D eigenvalue weighted by atomic mass is 9.65. The minimum Gasteiger partial charge on any atom is -0.481 e. The molecule has 2 aromatic rings. The highest BCUT2D eigenvalue weighted by Gasteiger charge is 2.58. The Morgan fingerprint density at radius 2 is 1.57 bits per heavy atom. The number of rotatable bonds is 9. The summed E-state index contributed by atoms with van der Waals surface area (Å²) < 4.78 is 0. The third-order valence-corrected chi connectivity index (χ3v) is 7.51. The third kappa shape index (κ3) is 5.70. The zero-order valence-electron chi connectivity index (χ0n) is 20.2. The third-order valence-electron chi connectivity index (χ3n) is 7.51. The maximum atomic E-state index is 13.0. The minimum atomic E-state index is -1.17. The largest absolute Gasteiger partial charge is 0.481 e. The number of anilines is 1. The Kier molecular flexibility index (Phi) is 7.63. The first-order valence-corrected chi connectivity index (χ1v) is 11.6. The van der Waals surface area contributed by atoms with Gasteiger partial charge in [-0.25, -0.2) is 4.79 Å².